The van der Waals surface area contributed by atoms with Crippen molar-refractivity contribution in [3.8, 4) is 11.5 Å². The number of hydrogen-bond donors (Lipinski definition) is 3. The third-order valence-electron chi connectivity index (χ3n) is 2.60. The Morgan fingerprint density at radius 1 is 1.42 bits per heavy atom. The lowest BCUT2D eigenvalue weighted by Gasteiger charge is -2.22. The highest BCUT2D eigenvalue weighted by molar-refractivity contribution is 7.98. The molecule has 0 heterocycles. The van der Waals surface area contributed by atoms with Gasteiger partial charge in [0, 0.05) is 12.2 Å². The number of phenols is 2. The Labute approximate surface area is 116 Å². The second-order valence-corrected chi connectivity index (χ2v) is 5.53. The molecular formula is C13H19NO4S. The van der Waals surface area contributed by atoms with E-state index in [-0.39, 0.29) is 17.9 Å². The molecule has 0 amide bonds. The van der Waals surface area contributed by atoms with Crippen molar-refractivity contribution >= 4 is 17.7 Å². The van der Waals surface area contributed by atoms with Crippen molar-refractivity contribution in [2.24, 2.45) is 5.73 Å². The Hall–Kier alpha value is -1.40. The minimum atomic E-state index is -1.16. The smallest absolute Gasteiger partial charge is 0.326 e. The molecule has 0 aromatic heterocycles. The van der Waals surface area contributed by atoms with E-state index in [9.17, 15) is 15.0 Å². The summed E-state index contributed by atoms with van der Waals surface area (Å²) in [7, 11) is 0. The highest BCUT2D eigenvalue weighted by Gasteiger charge is 2.30. The van der Waals surface area contributed by atoms with Gasteiger partial charge >= 0.3 is 5.97 Å². The molecule has 0 bridgehead atoms. The van der Waals surface area contributed by atoms with Crippen LogP contribution in [0.2, 0.25) is 0 Å². The van der Waals surface area contributed by atoms with Crippen LogP contribution in [0.1, 0.15) is 12.5 Å². The highest BCUT2D eigenvalue weighted by atomic mass is 32.2. The van der Waals surface area contributed by atoms with Gasteiger partial charge in [-0.25, -0.2) is 0 Å². The monoisotopic (exact) mass is 285 g/mol. The maximum absolute atomic E-state index is 11.8. The van der Waals surface area contributed by atoms with Crippen molar-refractivity contribution in [2.75, 3.05) is 18.6 Å². The average molecular weight is 285 g/mol. The van der Waals surface area contributed by atoms with Crippen LogP contribution in [0.3, 0.4) is 0 Å². The number of ether oxygens (including phenoxy) is 1. The molecule has 1 atom stereocenters. The van der Waals surface area contributed by atoms with E-state index in [1.54, 1.807) is 24.8 Å². The molecule has 106 valence electrons. The van der Waals surface area contributed by atoms with Crippen LogP contribution < -0.4 is 5.73 Å². The molecule has 1 aromatic rings. The van der Waals surface area contributed by atoms with E-state index in [2.05, 4.69) is 0 Å². The summed E-state index contributed by atoms with van der Waals surface area (Å²) in [4.78, 5) is 11.8. The molecule has 4 N–H and O–H groups in total. The van der Waals surface area contributed by atoms with Crippen molar-refractivity contribution in [1.82, 2.24) is 0 Å². The SMILES string of the molecule is CSCCOC(=O)[C@@](C)(N)Cc1ccc(O)c(O)c1. The third kappa shape index (κ3) is 4.65. The zero-order valence-corrected chi connectivity index (χ0v) is 11.9. The normalized spacial score (nSPS) is 13.8. The van der Waals surface area contributed by atoms with Gasteiger partial charge in [0.05, 0.1) is 0 Å². The van der Waals surface area contributed by atoms with Crippen molar-refractivity contribution in [1.29, 1.82) is 0 Å². The van der Waals surface area contributed by atoms with Crippen LogP contribution in [-0.2, 0) is 16.0 Å². The fraction of sp³-hybridized carbons (Fsp3) is 0.462. The van der Waals surface area contributed by atoms with E-state index in [1.165, 1.54) is 12.1 Å². The van der Waals surface area contributed by atoms with Gasteiger partial charge < -0.3 is 20.7 Å². The topological polar surface area (TPSA) is 92.8 Å². The number of nitrogens with two attached hydrogens (primary N) is 1. The minimum Gasteiger partial charge on any atom is -0.504 e. The molecule has 1 rings (SSSR count). The predicted molar refractivity (Wildman–Crippen MR) is 75.4 cm³/mol. The molecule has 0 spiro atoms. The quantitative estimate of drug-likeness (QED) is 0.414. The average Bonchev–Trinajstić information content (AvgIpc) is 2.33. The predicted octanol–water partition coefficient (Wildman–Crippen LogP) is 1.26. The number of phenolic OH excluding ortho intramolecular Hbond substituents is 2. The molecule has 19 heavy (non-hydrogen) atoms. The van der Waals surface area contributed by atoms with Crippen molar-refractivity contribution < 1.29 is 19.7 Å². The maximum Gasteiger partial charge on any atom is 0.326 e. The highest BCUT2D eigenvalue weighted by Crippen LogP contribution is 2.26. The second kappa shape index (κ2) is 6.68. The van der Waals surface area contributed by atoms with Gasteiger partial charge in [0.1, 0.15) is 12.1 Å². The molecule has 0 saturated carbocycles. The molecule has 5 nitrogen and oxygen atoms in total. The molecule has 0 radical (unpaired) electrons. The number of benzene rings is 1. The summed E-state index contributed by atoms with van der Waals surface area (Å²) in [6.07, 6.45) is 2.15. The first-order valence-corrected chi connectivity index (χ1v) is 7.22. The van der Waals surface area contributed by atoms with E-state index in [0.29, 0.717) is 12.2 Å². The molecule has 6 heteroatoms. The number of rotatable bonds is 6. The summed E-state index contributed by atoms with van der Waals surface area (Å²) in [6.45, 7) is 1.91. The molecule has 0 aliphatic heterocycles. The van der Waals surface area contributed by atoms with Crippen LogP contribution in [0.4, 0.5) is 0 Å². The van der Waals surface area contributed by atoms with E-state index >= 15 is 0 Å². The van der Waals surface area contributed by atoms with Gasteiger partial charge in [0.15, 0.2) is 11.5 Å². The Balaban J connectivity index is 2.67. The lowest BCUT2D eigenvalue weighted by molar-refractivity contribution is -0.148. The molecular weight excluding hydrogens is 266 g/mol. The van der Waals surface area contributed by atoms with Gasteiger partial charge in [-0.05, 0) is 30.9 Å². The minimum absolute atomic E-state index is 0.204. The lowest BCUT2D eigenvalue weighted by Crippen LogP contribution is -2.48. The summed E-state index contributed by atoms with van der Waals surface area (Å²) in [5.74, 6) is -0.190. The Bertz CT molecular complexity index is 448. The standard InChI is InChI=1S/C13H19NO4S/c1-13(14,12(17)18-5-6-19-2)8-9-3-4-10(15)11(16)7-9/h3-4,7,15-16H,5-6,8,14H2,1-2H3/t13-/m0/s1. The zero-order valence-electron chi connectivity index (χ0n) is 11.0. The van der Waals surface area contributed by atoms with Gasteiger partial charge in [0.2, 0.25) is 0 Å². The fourth-order valence-electron chi connectivity index (χ4n) is 1.56. The van der Waals surface area contributed by atoms with Crippen molar-refractivity contribution in [3.05, 3.63) is 23.8 Å². The van der Waals surface area contributed by atoms with Crippen molar-refractivity contribution in [2.45, 2.75) is 18.9 Å². The second-order valence-electron chi connectivity index (χ2n) is 4.55. The molecule has 0 aliphatic carbocycles. The van der Waals surface area contributed by atoms with Crippen LogP contribution in [0.5, 0.6) is 11.5 Å². The Kier molecular flexibility index (Phi) is 5.50. The lowest BCUT2D eigenvalue weighted by atomic mass is 9.94. The van der Waals surface area contributed by atoms with Gasteiger partial charge in [-0.3, -0.25) is 4.79 Å². The molecule has 0 saturated heterocycles. The summed E-state index contributed by atoms with van der Waals surface area (Å²) in [6, 6.07) is 4.35. The van der Waals surface area contributed by atoms with Gasteiger partial charge in [-0.15, -0.1) is 0 Å². The van der Waals surface area contributed by atoms with Gasteiger partial charge in [-0.1, -0.05) is 6.07 Å². The number of hydrogen-bond acceptors (Lipinski definition) is 6. The number of esters is 1. The van der Waals surface area contributed by atoms with E-state index in [0.717, 1.165) is 5.75 Å². The van der Waals surface area contributed by atoms with Crippen LogP contribution >= 0.6 is 11.8 Å². The Morgan fingerprint density at radius 3 is 2.68 bits per heavy atom. The molecule has 0 fully saturated rings. The van der Waals surface area contributed by atoms with Crippen LogP contribution in [0.25, 0.3) is 0 Å². The number of carbonyl (C=O) groups is 1. The number of aromatic hydroxyl groups is 2. The van der Waals surface area contributed by atoms with Gasteiger partial charge in [-0.2, -0.15) is 11.8 Å². The van der Waals surface area contributed by atoms with Crippen molar-refractivity contribution in [3.63, 3.8) is 0 Å². The fourth-order valence-corrected chi connectivity index (χ4v) is 1.81. The first-order valence-electron chi connectivity index (χ1n) is 5.82. The summed E-state index contributed by atoms with van der Waals surface area (Å²) >= 11 is 1.58. The zero-order chi connectivity index (χ0) is 14.5. The van der Waals surface area contributed by atoms with E-state index in [4.69, 9.17) is 10.5 Å². The largest absolute Gasteiger partial charge is 0.504 e. The summed E-state index contributed by atoms with van der Waals surface area (Å²) < 4.78 is 5.08. The van der Waals surface area contributed by atoms with Crippen LogP contribution in [0.15, 0.2) is 18.2 Å². The molecule has 0 unspecified atom stereocenters. The number of thioether (sulfide) groups is 1. The van der Waals surface area contributed by atoms with Crippen LogP contribution in [0, 0.1) is 0 Å². The van der Waals surface area contributed by atoms with Gasteiger partial charge in [0.25, 0.3) is 0 Å². The molecule has 1 aromatic carbocycles. The Morgan fingerprint density at radius 2 is 2.11 bits per heavy atom. The third-order valence-corrected chi connectivity index (χ3v) is 3.17. The first-order chi connectivity index (χ1) is 8.86. The maximum atomic E-state index is 11.8. The van der Waals surface area contributed by atoms with E-state index in [1.807, 2.05) is 6.26 Å². The van der Waals surface area contributed by atoms with Crippen LogP contribution in [-0.4, -0.2) is 40.3 Å². The number of carbonyl (C=O) groups excluding carboxylic acids is 1. The molecule has 0 aliphatic rings. The van der Waals surface area contributed by atoms with E-state index < -0.39 is 11.5 Å². The first kappa shape index (κ1) is 15.7. The summed E-state index contributed by atoms with van der Waals surface area (Å²) in [5, 5.41) is 18.6. The summed E-state index contributed by atoms with van der Waals surface area (Å²) in [5.41, 5.74) is 5.43.